The van der Waals surface area contributed by atoms with Crippen molar-refractivity contribution >= 4 is 40.6 Å². The summed E-state index contributed by atoms with van der Waals surface area (Å²) in [7, 11) is 0. The molecule has 140 valence electrons. The summed E-state index contributed by atoms with van der Waals surface area (Å²) >= 11 is 7.26. The van der Waals surface area contributed by atoms with E-state index in [1.54, 1.807) is 53.0 Å². The molecule has 28 heavy (non-hydrogen) atoms. The lowest BCUT2D eigenvalue weighted by molar-refractivity contribution is -0.113. The summed E-state index contributed by atoms with van der Waals surface area (Å²) in [5, 5.41) is 16.4. The summed E-state index contributed by atoms with van der Waals surface area (Å²) in [6.07, 6.45) is 0. The molecule has 1 N–H and O–H groups in total. The maximum atomic E-state index is 13.1. The molecule has 9 heteroatoms. The highest BCUT2D eigenvalue weighted by Crippen LogP contribution is 2.23. The molecule has 0 unspecified atom stereocenters. The molecular formula is C19H13ClFN5OS. The molecule has 0 saturated heterocycles. The fourth-order valence-electron chi connectivity index (χ4n) is 2.51. The first-order chi connectivity index (χ1) is 13.6. The molecule has 0 fully saturated rings. The third-order valence-corrected chi connectivity index (χ3v) is 5.10. The van der Waals surface area contributed by atoms with Gasteiger partial charge in [-0.3, -0.25) is 4.79 Å². The van der Waals surface area contributed by atoms with Crippen LogP contribution in [0.2, 0.25) is 5.02 Å². The summed E-state index contributed by atoms with van der Waals surface area (Å²) in [5.41, 5.74) is 2.52. The third kappa shape index (κ3) is 3.97. The molecule has 2 heterocycles. The predicted molar refractivity (Wildman–Crippen MR) is 107 cm³/mol. The van der Waals surface area contributed by atoms with Crippen LogP contribution in [0.15, 0.2) is 65.8 Å². The topological polar surface area (TPSA) is 72.2 Å². The molecule has 2 aromatic heterocycles. The number of benzene rings is 2. The van der Waals surface area contributed by atoms with Crippen LogP contribution in [0, 0.1) is 5.82 Å². The molecular weight excluding hydrogens is 401 g/mol. The van der Waals surface area contributed by atoms with Crippen molar-refractivity contribution < 1.29 is 9.18 Å². The normalized spacial score (nSPS) is 10.9. The molecule has 0 bridgehead atoms. The predicted octanol–water partition coefficient (Wildman–Crippen LogP) is 4.31. The first kappa shape index (κ1) is 18.4. The van der Waals surface area contributed by atoms with Crippen LogP contribution in [0.5, 0.6) is 0 Å². The minimum absolute atomic E-state index is 0.120. The number of anilines is 1. The Kier molecular flexibility index (Phi) is 5.23. The van der Waals surface area contributed by atoms with Crippen molar-refractivity contribution in [3.63, 3.8) is 0 Å². The third-order valence-electron chi connectivity index (χ3n) is 3.85. The SMILES string of the molecule is O=C(CSc1nnc2ccc(-c3ccc(F)cc3)nn12)Nc1ccccc1Cl. The van der Waals surface area contributed by atoms with Crippen LogP contribution in [0.25, 0.3) is 16.9 Å². The number of aromatic nitrogens is 4. The summed E-state index contributed by atoms with van der Waals surface area (Å²) < 4.78 is 14.7. The van der Waals surface area contributed by atoms with Crippen molar-refractivity contribution in [1.29, 1.82) is 0 Å². The van der Waals surface area contributed by atoms with Gasteiger partial charge in [0.25, 0.3) is 0 Å². The molecule has 0 aliphatic heterocycles. The minimum Gasteiger partial charge on any atom is -0.324 e. The van der Waals surface area contributed by atoms with Gasteiger partial charge in [-0.15, -0.1) is 10.2 Å². The second-order valence-electron chi connectivity index (χ2n) is 5.79. The summed E-state index contributed by atoms with van der Waals surface area (Å²) in [6.45, 7) is 0. The van der Waals surface area contributed by atoms with Crippen LogP contribution < -0.4 is 5.32 Å². The molecule has 0 atom stereocenters. The standard InChI is InChI=1S/C19H13ClFN5OS/c20-14-3-1-2-4-16(14)22-18(27)11-28-19-24-23-17-10-9-15(25-26(17)19)12-5-7-13(21)8-6-12/h1-10H,11H2,(H,22,27). The quantitative estimate of drug-likeness (QED) is 0.493. The van der Waals surface area contributed by atoms with Gasteiger partial charge in [-0.25, -0.2) is 4.39 Å². The second-order valence-corrected chi connectivity index (χ2v) is 7.14. The van der Waals surface area contributed by atoms with E-state index in [-0.39, 0.29) is 17.5 Å². The number of hydrogen-bond donors (Lipinski definition) is 1. The van der Waals surface area contributed by atoms with Gasteiger partial charge >= 0.3 is 0 Å². The molecule has 4 rings (SSSR count). The van der Waals surface area contributed by atoms with Gasteiger partial charge in [0.15, 0.2) is 5.65 Å². The number of carbonyl (C=O) groups excluding carboxylic acids is 1. The van der Waals surface area contributed by atoms with Crippen LogP contribution in [-0.2, 0) is 4.79 Å². The van der Waals surface area contributed by atoms with Gasteiger partial charge in [0.1, 0.15) is 5.82 Å². The molecule has 1 amide bonds. The zero-order valence-corrected chi connectivity index (χ0v) is 15.9. The monoisotopic (exact) mass is 413 g/mol. The first-order valence-corrected chi connectivity index (χ1v) is 9.62. The van der Waals surface area contributed by atoms with Gasteiger partial charge in [-0.1, -0.05) is 35.5 Å². The zero-order chi connectivity index (χ0) is 19.5. The van der Waals surface area contributed by atoms with Gasteiger partial charge in [0, 0.05) is 5.56 Å². The molecule has 2 aromatic carbocycles. The number of fused-ring (bicyclic) bond motifs is 1. The van der Waals surface area contributed by atoms with Crippen LogP contribution in [0.3, 0.4) is 0 Å². The van der Waals surface area contributed by atoms with E-state index in [4.69, 9.17) is 11.6 Å². The molecule has 0 radical (unpaired) electrons. The zero-order valence-electron chi connectivity index (χ0n) is 14.3. The molecule has 6 nitrogen and oxygen atoms in total. The average molecular weight is 414 g/mol. The Hall–Kier alpha value is -2.97. The van der Waals surface area contributed by atoms with Crippen LogP contribution in [-0.4, -0.2) is 31.5 Å². The van der Waals surface area contributed by atoms with Gasteiger partial charge < -0.3 is 5.32 Å². The van der Waals surface area contributed by atoms with Gasteiger partial charge in [-0.05, 0) is 48.5 Å². The number of halogens is 2. The van der Waals surface area contributed by atoms with Crippen molar-refractivity contribution in [3.05, 3.63) is 71.5 Å². The Balaban J connectivity index is 1.51. The average Bonchev–Trinajstić information content (AvgIpc) is 3.11. The highest BCUT2D eigenvalue weighted by atomic mass is 35.5. The number of hydrogen-bond acceptors (Lipinski definition) is 5. The Labute approximate surface area is 168 Å². The molecule has 0 aliphatic rings. The van der Waals surface area contributed by atoms with Crippen LogP contribution in [0.1, 0.15) is 0 Å². The lowest BCUT2D eigenvalue weighted by Gasteiger charge is -2.06. The van der Waals surface area contributed by atoms with Crippen LogP contribution >= 0.6 is 23.4 Å². The van der Waals surface area contributed by atoms with E-state index in [2.05, 4.69) is 20.6 Å². The van der Waals surface area contributed by atoms with E-state index in [1.807, 2.05) is 0 Å². The molecule has 4 aromatic rings. The number of carbonyl (C=O) groups is 1. The van der Waals surface area contributed by atoms with E-state index < -0.39 is 0 Å². The lowest BCUT2D eigenvalue weighted by Crippen LogP contribution is -2.14. The van der Waals surface area contributed by atoms with Crippen molar-refractivity contribution in [2.24, 2.45) is 0 Å². The van der Waals surface area contributed by atoms with Crippen molar-refractivity contribution in [2.45, 2.75) is 5.16 Å². The van der Waals surface area contributed by atoms with Crippen LogP contribution in [0.4, 0.5) is 10.1 Å². The Bertz CT molecular complexity index is 1150. The number of para-hydroxylation sites is 1. The number of rotatable bonds is 5. The maximum Gasteiger partial charge on any atom is 0.234 e. The smallest absolute Gasteiger partial charge is 0.234 e. The fraction of sp³-hybridized carbons (Fsp3) is 0.0526. The Morgan fingerprint density at radius 2 is 1.86 bits per heavy atom. The highest BCUT2D eigenvalue weighted by Gasteiger charge is 2.12. The number of nitrogens with zero attached hydrogens (tertiary/aromatic N) is 4. The Morgan fingerprint density at radius 1 is 1.07 bits per heavy atom. The molecule has 0 saturated carbocycles. The fourth-order valence-corrected chi connectivity index (χ4v) is 3.38. The summed E-state index contributed by atoms with van der Waals surface area (Å²) in [6, 6.07) is 16.6. The number of amides is 1. The van der Waals surface area contributed by atoms with Gasteiger partial charge in [0.05, 0.1) is 22.2 Å². The molecule has 0 aliphatic carbocycles. The number of thioether (sulfide) groups is 1. The largest absolute Gasteiger partial charge is 0.324 e. The molecule has 0 spiro atoms. The van der Waals surface area contributed by atoms with E-state index in [9.17, 15) is 9.18 Å². The van der Waals surface area contributed by atoms with Gasteiger partial charge in [0.2, 0.25) is 11.1 Å². The van der Waals surface area contributed by atoms with E-state index in [0.29, 0.717) is 27.2 Å². The van der Waals surface area contributed by atoms with Crippen molar-refractivity contribution in [2.75, 3.05) is 11.1 Å². The highest BCUT2D eigenvalue weighted by molar-refractivity contribution is 7.99. The maximum absolute atomic E-state index is 13.1. The minimum atomic E-state index is -0.310. The summed E-state index contributed by atoms with van der Waals surface area (Å²) in [5.74, 6) is -0.409. The van der Waals surface area contributed by atoms with Gasteiger partial charge in [-0.2, -0.15) is 9.61 Å². The first-order valence-electron chi connectivity index (χ1n) is 8.26. The van der Waals surface area contributed by atoms with Crippen molar-refractivity contribution in [1.82, 2.24) is 19.8 Å². The second kappa shape index (κ2) is 7.95. The Morgan fingerprint density at radius 3 is 2.64 bits per heavy atom. The van der Waals surface area contributed by atoms with E-state index in [0.717, 1.165) is 5.56 Å². The van der Waals surface area contributed by atoms with Crippen molar-refractivity contribution in [3.8, 4) is 11.3 Å². The van der Waals surface area contributed by atoms with E-state index >= 15 is 0 Å². The summed E-state index contributed by atoms with van der Waals surface area (Å²) in [4.78, 5) is 12.2. The van der Waals surface area contributed by atoms with E-state index in [1.165, 1.54) is 23.9 Å². The number of nitrogens with one attached hydrogen (secondary N) is 1. The lowest BCUT2D eigenvalue weighted by atomic mass is 10.1.